The summed E-state index contributed by atoms with van der Waals surface area (Å²) < 4.78 is 2.79. The number of rotatable bonds is 3. The van der Waals surface area contributed by atoms with Crippen LogP contribution in [0.25, 0.3) is 27.7 Å². The number of benzene rings is 1. The first-order valence-electron chi connectivity index (χ1n) is 7.74. The molecule has 4 aromatic rings. The summed E-state index contributed by atoms with van der Waals surface area (Å²) in [6.45, 7) is 1.46. The number of hydrogen-bond donors (Lipinski definition) is 1. The van der Waals surface area contributed by atoms with Gasteiger partial charge in [0.25, 0.3) is 5.56 Å². The van der Waals surface area contributed by atoms with Crippen molar-refractivity contribution < 1.29 is 9.90 Å². The van der Waals surface area contributed by atoms with E-state index in [0.717, 1.165) is 11.1 Å². The van der Waals surface area contributed by atoms with Crippen LogP contribution < -0.4 is 5.56 Å². The highest BCUT2D eigenvalue weighted by Gasteiger charge is 2.18. The van der Waals surface area contributed by atoms with Gasteiger partial charge in [0.05, 0.1) is 17.1 Å². The smallest absolute Gasteiger partial charge is 0.326 e. The lowest BCUT2D eigenvalue weighted by Crippen LogP contribution is -2.27. The number of carbonyl (C=O) groups is 1. The van der Waals surface area contributed by atoms with Crippen LogP contribution in [0, 0.1) is 0 Å². The fourth-order valence-electron chi connectivity index (χ4n) is 2.88. The van der Waals surface area contributed by atoms with Gasteiger partial charge in [0.15, 0.2) is 5.65 Å². The molecular weight excluding hydrogens is 320 g/mol. The molecule has 0 bridgehead atoms. The van der Waals surface area contributed by atoms with Crippen molar-refractivity contribution in [3.63, 3.8) is 0 Å². The first-order chi connectivity index (χ1) is 12.1. The van der Waals surface area contributed by atoms with Crippen LogP contribution in [0.2, 0.25) is 0 Å². The van der Waals surface area contributed by atoms with E-state index in [9.17, 15) is 9.59 Å². The molecule has 1 unspecified atom stereocenters. The van der Waals surface area contributed by atoms with Crippen LogP contribution in [-0.4, -0.2) is 30.2 Å². The molecule has 1 atom stereocenters. The molecule has 0 fully saturated rings. The summed E-state index contributed by atoms with van der Waals surface area (Å²) in [6.07, 6.45) is 4.67. The van der Waals surface area contributed by atoms with Gasteiger partial charge in [-0.3, -0.25) is 4.79 Å². The molecule has 4 rings (SSSR count). The van der Waals surface area contributed by atoms with E-state index in [2.05, 4.69) is 10.1 Å². The Hall–Kier alpha value is -3.48. The highest BCUT2D eigenvalue weighted by Crippen LogP contribution is 2.24. The fourth-order valence-corrected chi connectivity index (χ4v) is 2.88. The zero-order valence-electron chi connectivity index (χ0n) is 13.3. The van der Waals surface area contributed by atoms with Crippen LogP contribution in [0.5, 0.6) is 0 Å². The maximum atomic E-state index is 12.6. The topological polar surface area (TPSA) is 89.5 Å². The molecule has 124 valence electrons. The van der Waals surface area contributed by atoms with Gasteiger partial charge in [0, 0.05) is 18.0 Å². The third-order valence-corrected chi connectivity index (χ3v) is 4.28. The molecule has 0 aliphatic rings. The standard InChI is InChI=1S/C18H14N4O3/c1-11(18(24)25)21-8-7-15-14(17(21)23)9-19-16-13(10-20-22(15)16)12-5-3-2-4-6-12/h2-11H,1H3,(H,24,25). The third-order valence-electron chi connectivity index (χ3n) is 4.28. The van der Waals surface area contributed by atoms with Gasteiger partial charge in [0.2, 0.25) is 0 Å². The molecule has 0 radical (unpaired) electrons. The minimum absolute atomic E-state index is 0.325. The Kier molecular flexibility index (Phi) is 3.35. The average molecular weight is 334 g/mol. The van der Waals surface area contributed by atoms with E-state index in [-0.39, 0.29) is 0 Å². The van der Waals surface area contributed by atoms with Crippen LogP contribution in [0.4, 0.5) is 0 Å². The van der Waals surface area contributed by atoms with E-state index in [1.54, 1.807) is 16.8 Å². The van der Waals surface area contributed by atoms with Crippen molar-refractivity contribution in [2.24, 2.45) is 0 Å². The predicted octanol–water partition coefficient (Wildman–Crippen LogP) is 2.36. The van der Waals surface area contributed by atoms with E-state index in [0.29, 0.717) is 16.6 Å². The van der Waals surface area contributed by atoms with Gasteiger partial charge in [-0.1, -0.05) is 30.3 Å². The van der Waals surface area contributed by atoms with E-state index >= 15 is 0 Å². The van der Waals surface area contributed by atoms with Crippen LogP contribution in [0.3, 0.4) is 0 Å². The number of carboxylic acid groups (broad SMARTS) is 1. The van der Waals surface area contributed by atoms with E-state index in [1.807, 2.05) is 30.3 Å². The molecule has 0 amide bonds. The Morgan fingerprint density at radius 2 is 1.92 bits per heavy atom. The van der Waals surface area contributed by atoms with Gasteiger partial charge in [-0.25, -0.2) is 14.3 Å². The highest BCUT2D eigenvalue weighted by atomic mass is 16.4. The molecule has 3 heterocycles. The molecule has 0 aliphatic carbocycles. The molecule has 3 aromatic heterocycles. The molecule has 0 spiro atoms. The number of nitrogens with zero attached hydrogens (tertiary/aromatic N) is 4. The van der Waals surface area contributed by atoms with Gasteiger partial charge >= 0.3 is 5.97 Å². The Bertz CT molecular complexity index is 1160. The van der Waals surface area contributed by atoms with Gasteiger partial charge in [-0.2, -0.15) is 5.10 Å². The van der Waals surface area contributed by atoms with Gasteiger partial charge in [0.1, 0.15) is 6.04 Å². The zero-order valence-corrected chi connectivity index (χ0v) is 13.3. The summed E-state index contributed by atoms with van der Waals surface area (Å²) in [7, 11) is 0. The molecule has 7 nitrogen and oxygen atoms in total. The number of aliphatic carboxylic acids is 1. The van der Waals surface area contributed by atoms with Crippen molar-refractivity contribution in [1.82, 2.24) is 19.2 Å². The van der Waals surface area contributed by atoms with E-state index in [1.165, 1.54) is 23.9 Å². The summed E-state index contributed by atoms with van der Waals surface area (Å²) in [5, 5.41) is 13.8. The maximum Gasteiger partial charge on any atom is 0.326 e. The zero-order chi connectivity index (χ0) is 17.6. The second-order valence-corrected chi connectivity index (χ2v) is 5.76. The summed E-state index contributed by atoms with van der Waals surface area (Å²) in [6, 6.07) is 10.5. The third kappa shape index (κ3) is 2.28. The molecule has 0 aliphatic heterocycles. The molecule has 7 heteroatoms. The van der Waals surface area contributed by atoms with E-state index in [4.69, 9.17) is 5.11 Å². The average Bonchev–Trinajstić information content (AvgIpc) is 3.06. The van der Waals surface area contributed by atoms with Gasteiger partial charge in [-0.05, 0) is 18.6 Å². The maximum absolute atomic E-state index is 12.6. The Balaban J connectivity index is 1.97. The quantitative estimate of drug-likeness (QED) is 0.621. The Labute approximate surface area is 141 Å². The summed E-state index contributed by atoms with van der Waals surface area (Å²) >= 11 is 0. The first-order valence-corrected chi connectivity index (χ1v) is 7.74. The minimum atomic E-state index is -1.07. The van der Waals surface area contributed by atoms with Gasteiger partial charge in [-0.15, -0.1) is 0 Å². The number of pyridine rings is 1. The molecule has 1 N–H and O–H groups in total. The Morgan fingerprint density at radius 1 is 1.16 bits per heavy atom. The summed E-state index contributed by atoms with van der Waals surface area (Å²) in [4.78, 5) is 28.2. The minimum Gasteiger partial charge on any atom is -0.480 e. The number of hydrogen-bond acceptors (Lipinski definition) is 4. The van der Waals surface area contributed by atoms with Crippen molar-refractivity contribution in [2.45, 2.75) is 13.0 Å². The van der Waals surface area contributed by atoms with Crippen LogP contribution in [-0.2, 0) is 4.79 Å². The van der Waals surface area contributed by atoms with Crippen molar-refractivity contribution in [3.05, 3.63) is 65.3 Å². The van der Waals surface area contributed by atoms with Gasteiger partial charge < -0.3 is 9.67 Å². The predicted molar refractivity (Wildman–Crippen MR) is 92.5 cm³/mol. The SMILES string of the molecule is CC(C(=O)O)n1ccc2c(cnc3c(-c4ccccc4)cnn32)c1=O. The second-order valence-electron chi connectivity index (χ2n) is 5.76. The normalized spacial score (nSPS) is 12.5. The molecule has 25 heavy (non-hydrogen) atoms. The lowest BCUT2D eigenvalue weighted by Gasteiger charge is -2.11. The molecular formula is C18H14N4O3. The summed E-state index contributed by atoms with van der Waals surface area (Å²) in [5.41, 5.74) is 2.68. The fraction of sp³-hybridized carbons (Fsp3) is 0.111. The van der Waals surface area contributed by atoms with Crippen LogP contribution in [0.1, 0.15) is 13.0 Å². The largest absolute Gasteiger partial charge is 0.480 e. The lowest BCUT2D eigenvalue weighted by atomic mass is 10.1. The monoisotopic (exact) mass is 334 g/mol. The number of carboxylic acids is 1. The van der Waals surface area contributed by atoms with Crippen molar-refractivity contribution in [3.8, 4) is 11.1 Å². The second kappa shape index (κ2) is 5.55. The first kappa shape index (κ1) is 15.1. The number of aromatic nitrogens is 4. The van der Waals surface area contributed by atoms with E-state index < -0.39 is 17.6 Å². The summed E-state index contributed by atoms with van der Waals surface area (Å²) in [5.74, 6) is -1.07. The molecule has 0 saturated heterocycles. The Morgan fingerprint density at radius 3 is 2.64 bits per heavy atom. The highest BCUT2D eigenvalue weighted by molar-refractivity contribution is 5.85. The number of fused-ring (bicyclic) bond motifs is 3. The van der Waals surface area contributed by atoms with Crippen molar-refractivity contribution >= 4 is 22.5 Å². The molecule has 1 aromatic carbocycles. The van der Waals surface area contributed by atoms with Crippen molar-refractivity contribution in [1.29, 1.82) is 0 Å². The van der Waals surface area contributed by atoms with Crippen molar-refractivity contribution in [2.75, 3.05) is 0 Å². The lowest BCUT2D eigenvalue weighted by molar-refractivity contribution is -0.140. The van der Waals surface area contributed by atoms with Crippen LogP contribution >= 0.6 is 0 Å². The van der Waals surface area contributed by atoms with Crippen LogP contribution in [0.15, 0.2) is 59.8 Å². The molecule has 0 saturated carbocycles.